The van der Waals surface area contributed by atoms with Gasteiger partial charge < -0.3 is 0 Å². The number of hydrogen-bond acceptors (Lipinski definition) is 4. The van der Waals surface area contributed by atoms with E-state index in [2.05, 4.69) is 40.8 Å². The Balaban J connectivity index is 2.15. The van der Waals surface area contributed by atoms with Gasteiger partial charge in [-0.2, -0.15) is 8.75 Å². The molecule has 0 amide bonds. The molecule has 1 aromatic heterocycles. The molecule has 1 unspecified atom stereocenters. The van der Waals surface area contributed by atoms with Crippen LogP contribution in [0.2, 0.25) is 0 Å². The van der Waals surface area contributed by atoms with Crippen molar-refractivity contribution >= 4 is 39.4 Å². The highest BCUT2D eigenvalue weighted by atomic mass is 32.2. The normalized spacial score (nSPS) is 19.9. The van der Waals surface area contributed by atoms with Gasteiger partial charge in [0.1, 0.15) is 11.0 Å². The third-order valence-corrected chi connectivity index (χ3v) is 4.87. The number of hydrogen-bond donors (Lipinski definition) is 0. The zero-order chi connectivity index (χ0) is 11.8. The maximum Gasteiger partial charge on any atom is 0.113 e. The third-order valence-electron chi connectivity index (χ3n) is 3.11. The van der Waals surface area contributed by atoms with Crippen molar-refractivity contribution in [3.63, 3.8) is 0 Å². The van der Waals surface area contributed by atoms with Gasteiger partial charge in [-0.3, -0.25) is 0 Å². The van der Waals surface area contributed by atoms with E-state index in [0.29, 0.717) is 5.25 Å². The molecule has 1 aliphatic rings. The molecule has 2 heterocycles. The molecule has 1 aromatic carbocycles. The van der Waals surface area contributed by atoms with E-state index >= 15 is 0 Å². The summed E-state index contributed by atoms with van der Waals surface area (Å²) in [5.74, 6) is 0. The first kappa shape index (κ1) is 11.2. The third kappa shape index (κ3) is 1.89. The monoisotopic (exact) mass is 262 g/mol. The smallest absolute Gasteiger partial charge is 0.113 e. The van der Waals surface area contributed by atoms with Crippen molar-refractivity contribution in [2.45, 2.75) is 31.9 Å². The summed E-state index contributed by atoms with van der Waals surface area (Å²) in [5, 5.41) is 0.692. The highest BCUT2D eigenvalue weighted by molar-refractivity contribution is 8.09. The van der Waals surface area contributed by atoms with Crippen LogP contribution in [0.15, 0.2) is 18.2 Å². The van der Waals surface area contributed by atoms with Crippen molar-refractivity contribution in [2.24, 2.45) is 0 Å². The summed E-state index contributed by atoms with van der Waals surface area (Å²) in [6.07, 6.45) is 4.51. The van der Waals surface area contributed by atoms with Gasteiger partial charge >= 0.3 is 0 Å². The molecule has 2 aromatic rings. The molecule has 0 N–H and O–H groups in total. The molecule has 3 rings (SSSR count). The summed E-state index contributed by atoms with van der Waals surface area (Å²) >= 11 is 3.27. The van der Waals surface area contributed by atoms with Gasteiger partial charge in [-0.15, -0.1) is 11.8 Å². The molecule has 17 heavy (non-hydrogen) atoms. The number of aromatic nitrogens is 2. The van der Waals surface area contributed by atoms with Crippen LogP contribution >= 0.6 is 23.5 Å². The molecule has 4 heteroatoms. The number of nitrogens with zero attached hydrogens (tertiary/aromatic N) is 2. The largest absolute Gasteiger partial charge is 0.173 e. The van der Waals surface area contributed by atoms with E-state index in [1.807, 2.05) is 11.8 Å². The van der Waals surface area contributed by atoms with Crippen LogP contribution in [-0.4, -0.2) is 14.0 Å². The Labute approximate surface area is 109 Å². The van der Waals surface area contributed by atoms with E-state index in [-0.39, 0.29) is 0 Å². The maximum absolute atomic E-state index is 4.47. The Morgan fingerprint density at radius 2 is 2.12 bits per heavy atom. The van der Waals surface area contributed by atoms with Gasteiger partial charge in [0.25, 0.3) is 0 Å². The number of rotatable bonds is 2. The predicted octanol–water partition coefficient (Wildman–Crippen LogP) is 4.12. The molecule has 1 aliphatic heterocycles. The summed E-state index contributed by atoms with van der Waals surface area (Å²) in [6, 6.07) is 4.41. The topological polar surface area (TPSA) is 25.8 Å². The van der Waals surface area contributed by atoms with Crippen molar-refractivity contribution in [3.05, 3.63) is 29.3 Å². The van der Waals surface area contributed by atoms with Crippen molar-refractivity contribution in [1.82, 2.24) is 8.75 Å². The van der Waals surface area contributed by atoms with Crippen LogP contribution in [-0.2, 0) is 6.42 Å². The molecule has 0 radical (unpaired) electrons. The quantitative estimate of drug-likeness (QED) is 0.814. The first-order valence-electron chi connectivity index (χ1n) is 5.91. The maximum atomic E-state index is 4.47. The molecule has 0 saturated heterocycles. The number of aryl methyl sites for hydroxylation is 1. The Morgan fingerprint density at radius 3 is 2.82 bits per heavy atom. The summed E-state index contributed by atoms with van der Waals surface area (Å²) in [5.41, 5.74) is 4.74. The summed E-state index contributed by atoms with van der Waals surface area (Å²) < 4.78 is 8.91. The second kappa shape index (κ2) is 4.42. The van der Waals surface area contributed by atoms with Crippen LogP contribution in [0, 0.1) is 0 Å². The number of benzene rings is 1. The lowest BCUT2D eigenvalue weighted by Gasteiger charge is -2.06. The van der Waals surface area contributed by atoms with Crippen molar-refractivity contribution < 1.29 is 0 Å². The number of allylic oxidation sites excluding steroid dienone is 1. The van der Waals surface area contributed by atoms with Crippen LogP contribution in [0.25, 0.3) is 15.9 Å². The van der Waals surface area contributed by atoms with Gasteiger partial charge in [-0.05, 0) is 18.4 Å². The Kier molecular flexibility index (Phi) is 2.92. The van der Waals surface area contributed by atoms with Crippen LogP contribution in [0.4, 0.5) is 0 Å². The predicted molar refractivity (Wildman–Crippen MR) is 76.4 cm³/mol. The molecule has 1 atom stereocenters. The van der Waals surface area contributed by atoms with E-state index in [1.165, 1.54) is 27.8 Å². The Bertz CT molecular complexity index is 586. The minimum absolute atomic E-state index is 0.692. The second-order valence-electron chi connectivity index (χ2n) is 4.32. The average Bonchev–Trinajstić information content (AvgIpc) is 2.96. The summed E-state index contributed by atoms with van der Waals surface area (Å²) in [7, 11) is 0. The first-order valence-corrected chi connectivity index (χ1v) is 7.52. The van der Waals surface area contributed by atoms with Crippen molar-refractivity contribution in [2.75, 3.05) is 0 Å². The zero-order valence-corrected chi connectivity index (χ0v) is 11.6. The van der Waals surface area contributed by atoms with Crippen LogP contribution in [0.5, 0.6) is 0 Å². The summed E-state index contributed by atoms with van der Waals surface area (Å²) in [4.78, 5) is 1.37. The molecule has 0 aliphatic carbocycles. The van der Waals surface area contributed by atoms with Crippen molar-refractivity contribution in [3.8, 4) is 0 Å². The molecule has 88 valence electrons. The fraction of sp³-hybridized carbons (Fsp3) is 0.385. The van der Waals surface area contributed by atoms with E-state index in [4.69, 9.17) is 0 Å². The van der Waals surface area contributed by atoms with Gasteiger partial charge in [0.2, 0.25) is 0 Å². The van der Waals surface area contributed by atoms with Crippen molar-refractivity contribution in [1.29, 1.82) is 0 Å². The van der Waals surface area contributed by atoms with Gasteiger partial charge in [0.15, 0.2) is 0 Å². The molecule has 2 nitrogen and oxygen atoms in total. The van der Waals surface area contributed by atoms with Gasteiger partial charge in [-0.1, -0.05) is 32.1 Å². The van der Waals surface area contributed by atoms with E-state index < -0.39 is 0 Å². The average molecular weight is 262 g/mol. The zero-order valence-electron chi connectivity index (χ0n) is 9.93. The molecular formula is C13H14N2S2. The molecule has 0 fully saturated rings. The molecule has 0 bridgehead atoms. The van der Waals surface area contributed by atoms with E-state index in [1.54, 1.807) is 0 Å². The second-order valence-corrected chi connectivity index (χ2v) is 6.33. The fourth-order valence-corrected chi connectivity index (χ4v) is 3.86. The highest BCUT2D eigenvalue weighted by Crippen LogP contribution is 2.41. The lowest BCUT2D eigenvalue weighted by atomic mass is 10.1. The first-order chi connectivity index (χ1) is 8.29. The standard InChI is InChI=1S/C13H14N2S2/c1-3-9-5-6-10(11-7-4-8(2)16-11)13-12(9)14-17-15-13/h5-8H,3-4H2,1-2H3. The van der Waals surface area contributed by atoms with Crippen LogP contribution < -0.4 is 0 Å². The van der Waals surface area contributed by atoms with Gasteiger partial charge in [-0.25, -0.2) is 0 Å². The van der Waals surface area contributed by atoms with Gasteiger partial charge in [0, 0.05) is 15.7 Å². The molecule has 0 saturated carbocycles. The SMILES string of the molecule is CCc1ccc(C2=CCC(C)S2)c2nsnc12. The number of fused-ring (bicyclic) bond motifs is 1. The number of thioether (sulfide) groups is 1. The fourth-order valence-electron chi connectivity index (χ4n) is 2.16. The summed E-state index contributed by atoms with van der Waals surface area (Å²) in [6.45, 7) is 4.44. The minimum atomic E-state index is 0.692. The molecule has 0 spiro atoms. The van der Waals surface area contributed by atoms with Crippen LogP contribution in [0.1, 0.15) is 31.4 Å². The van der Waals surface area contributed by atoms with Gasteiger partial charge in [0.05, 0.1) is 11.7 Å². The Morgan fingerprint density at radius 1 is 1.29 bits per heavy atom. The molecular weight excluding hydrogens is 248 g/mol. The highest BCUT2D eigenvalue weighted by Gasteiger charge is 2.18. The lowest BCUT2D eigenvalue weighted by Crippen LogP contribution is -1.89. The van der Waals surface area contributed by atoms with E-state index in [9.17, 15) is 0 Å². The minimum Gasteiger partial charge on any atom is -0.173 e. The lowest BCUT2D eigenvalue weighted by molar-refractivity contribution is 1.00. The van der Waals surface area contributed by atoms with E-state index in [0.717, 1.165) is 23.9 Å². The Hall–Kier alpha value is -0.870. The van der Waals surface area contributed by atoms with Crippen LogP contribution in [0.3, 0.4) is 0 Å².